The summed E-state index contributed by atoms with van der Waals surface area (Å²) in [6.45, 7) is 1.65. The SMILES string of the molecule is Cc1occc1C(=O)N/N=C\c1cc([N+](=O)[O-])ccc1Cl. The second kappa shape index (κ2) is 6.19. The quantitative estimate of drug-likeness (QED) is 0.533. The standard InChI is InChI=1S/C13H10ClN3O4/c1-8-11(4-5-21-8)13(18)16-15-7-9-6-10(17(19)20)2-3-12(9)14/h2-7H,1H3,(H,16,18)/b15-7-. The van der Waals surface area contributed by atoms with Gasteiger partial charge in [0.25, 0.3) is 11.6 Å². The predicted molar refractivity (Wildman–Crippen MR) is 76.6 cm³/mol. The maximum absolute atomic E-state index is 11.8. The van der Waals surface area contributed by atoms with E-state index in [0.29, 0.717) is 16.9 Å². The van der Waals surface area contributed by atoms with Gasteiger partial charge in [-0.15, -0.1) is 0 Å². The first kappa shape index (κ1) is 14.7. The lowest BCUT2D eigenvalue weighted by molar-refractivity contribution is -0.384. The number of rotatable bonds is 4. The molecule has 0 spiro atoms. The molecule has 0 aliphatic carbocycles. The zero-order valence-electron chi connectivity index (χ0n) is 10.9. The molecule has 0 fully saturated rings. The fraction of sp³-hybridized carbons (Fsp3) is 0.0769. The first-order valence-corrected chi connectivity index (χ1v) is 6.18. The molecule has 1 heterocycles. The summed E-state index contributed by atoms with van der Waals surface area (Å²) in [5.41, 5.74) is 2.87. The number of halogens is 1. The summed E-state index contributed by atoms with van der Waals surface area (Å²) in [7, 11) is 0. The third-order valence-electron chi connectivity index (χ3n) is 2.66. The van der Waals surface area contributed by atoms with Gasteiger partial charge in [-0.25, -0.2) is 5.43 Å². The second-order valence-electron chi connectivity index (χ2n) is 4.05. The predicted octanol–water partition coefficient (Wildman–Crippen LogP) is 2.91. The van der Waals surface area contributed by atoms with Crippen molar-refractivity contribution in [2.24, 2.45) is 5.10 Å². The van der Waals surface area contributed by atoms with Gasteiger partial charge in [0.2, 0.25) is 0 Å². The number of amides is 1. The Hall–Kier alpha value is -2.67. The first-order chi connectivity index (χ1) is 9.99. The average molecular weight is 308 g/mol. The molecule has 0 unspecified atom stereocenters. The Morgan fingerprint density at radius 3 is 2.86 bits per heavy atom. The summed E-state index contributed by atoms with van der Waals surface area (Å²) < 4.78 is 5.00. The lowest BCUT2D eigenvalue weighted by Crippen LogP contribution is -2.17. The number of nitro groups is 1. The number of carbonyl (C=O) groups excluding carboxylic acids is 1. The van der Waals surface area contributed by atoms with Gasteiger partial charge in [-0.05, 0) is 19.1 Å². The molecule has 0 saturated heterocycles. The average Bonchev–Trinajstić information content (AvgIpc) is 2.86. The normalized spacial score (nSPS) is 10.8. The summed E-state index contributed by atoms with van der Waals surface area (Å²) in [5, 5.41) is 14.7. The maximum Gasteiger partial charge on any atom is 0.274 e. The minimum absolute atomic E-state index is 0.113. The molecule has 2 rings (SSSR count). The number of nitro benzene ring substituents is 1. The van der Waals surface area contributed by atoms with Gasteiger partial charge in [0.05, 0.1) is 23.0 Å². The molecule has 0 bridgehead atoms. The lowest BCUT2D eigenvalue weighted by atomic mass is 10.2. The largest absolute Gasteiger partial charge is 0.469 e. The van der Waals surface area contributed by atoms with E-state index in [9.17, 15) is 14.9 Å². The maximum atomic E-state index is 11.8. The molecule has 2 aromatic rings. The van der Waals surface area contributed by atoms with E-state index in [2.05, 4.69) is 10.5 Å². The molecule has 1 aromatic carbocycles. The van der Waals surface area contributed by atoms with E-state index in [0.717, 1.165) is 0 Å². The van der Waals surface area contributed by atoms with Crippen LogP contribution >= 0.6 is 11.6 Å². The molecule has 108 valence electrons. The van der Waals surface area contributed by atoms with Gasteiger partial charge in [0.1, 0.15) is 5.76 Å². The number of hydrogen-bond donors (Lipinski definition) is 1. The number of nitrogens with one attached hydrogen (secondary N) is 1. The van der Waals surface area contributed by atoms with Crippen molar-refractivity contribution >= 4 is 29.4 Å². The van der Waals surface area contributed by atoms with Crippen LogP contribution < -0.4 is 5.43 Å². The van der Waals surface area contributed by atoms with E-state index >= 15 is 0 Å². The van der Waals surface area contributed by atoms with E-state index < -0.39 is 10.8 Å². The summed E-state index contributed by atoms with van der Waals surface area (Å²) >= 11 is 5.90. The molecule has 1 aromatic heterocycles. The molecule has 21 heavy (non-hydrogen) atoms. The summed E-state index contributed by atoms with van der Waals surface area (Å²) in [5.74, 6) is 0.0233. The van der Waals surface area contributed by atoms with E-state index in [-0.39, 0.29) is 10.7 Å². The van der Waals surface area contributed by atoms with Gasteiger partial charge in [-0.1, -0.05) is 11.6 Å². The Morgan fingerprint density at radius 1 is 1.48 bits per heavy atom. The van der Waals surface area contributed by atoms with Crippen LogP contribution in [0.2, 0.25) is 5.02 Å². The highest BCUT2D eigenvalue weighted by molar-refractivity contribution is 6.33. The molecular formula is C13H10ClN3O4. The van der Waals surface area contributed by atoms with E-state index in [1.54, 1.807) is 6.92 Å². The van der Waals surface area contributed by atoms with Crippen LogP contribution in [-0.2, 0) is 0 Å². The van der Waals surface area contributed by atoms with Crippen LogP contribution in [0.25, 0.3) is 0 Å². The Morgan fingerprint density at radius 2 is 2.24 bits per heavy atom. The van der Waals surface area contributed by atoms with Gasteiger partial charge in [-0.3, -0.25) is 14.9 Å². The van der Waals surface area contributed by atoms with E-state index in [4.69, 9.17) is 16.0 Å². The number of nitrogens with zero attached hydrogens (tertiary/aromatic N) is 2. The second-order valence-corrected chi connectivity index (χ2v) is 4.46. The van der Waals surface area contributed by atoms with Crippen molar-refractivity contribution < 1.29 is 14.1 Å². The van der Waals surface area contributed by atoms with Crippen molar-refractivity contribution in [2.45, 2.75) is 6.92 Å². The van der Waals surface area contributed by atoms with Crippen LogP contribution in [0.15, 0.2) is 40.0 Å². The molecule has 8 heteroatoms. The smallest absolute Gasteiger partial charge is 0.274 e. The van der Waals surface area contributed by atoms with Crippen LogP contribution in [0.5, 0.6) is 0 Å². The van der Waals surface area contributed by atoms with Crippen molar-refractivity contribution in [3.8, 4) is 0 Å². The third kappa shape index (κ3) is 3.46. The summed E-state index contributed by atoms with van der Waals surface area (Å²) in [6, 6.07) is 5.46. The number of furan rings is 1. The topological polar surface area (TPSA) is 97.7 Å². The molecule has 0 atom stereocenters. The molecule has 0 aliphatic heterocycles. The molecule has 1 amide bonds. The van der Waals surface area contributed by atoms with Crippen molar-refractivity contribution in [1.82, 2.24) is 5.43 Å². The van der Waals surface area contributed by atoms with Crippen LogP contribution in [0.3, 0.4) is 0 Å². The zero-order chi connectivity index (χ0) is 15.4. The third-order valence-corrected chi connectivity index (χ3v) is 3.01. The minimum atomic E-state index is -0.541. The highest BCUT2D eigenvalue weighted by Crippen LogP contribution is 2.20. The Bertz CT molecular complexity index is 724. The number of carbonyl (C=O) groups is 1. The number of hydrazone groups is 1. The number of non-ortho nitro benzene ring substituents is 1. The summed E-state index contributed by atoms with van der Waals surface area (Å²) in [6.07, 6.45) is 2.63. The molecule has 0 radical (unpaired) electrons. The molecule has 7 nitrogen and oxygen atoms in total. The van der Waals surface area contributed by atoms with Gasteiger partial charge < -0.3 is 4.42 Å². The van der Waals surface area contributed by atoms with Crippen LogP contribution in [-0.4, -0.2) is 17.0 Å². The minimum Gasteiger partial charge on any atom is -0.469 e. The lowest BCUT2D eigenvalue weighted by Gasteiger charge is -1.99. The monoisotopic (exact) mass is 307 g/mol. The number of hydrogen-bond acceptors (Lipinski definition) is 5. The summed E-state index contributed by atoms with van der Waals surface area (Å²) in [4.78, 5) is 21.9. The van der Waals surface area contributed by atoms with Crippen LogP contribution in [0.4, 0.5) is 5.69 Å². The van der Waals surface area contributed by atoms with E-state index in [1.807, 2.05) is 0 Å². The zero-order valence-corrected chi connectivity index (χ0v) is 11.6. The Kier molecular flexibility index (Phi) is 4.34. The van der Waals surface area contributed by atoms with Crippen molar-refractivity contribution in [1.29, 1.82) is 0 Å². The molecule has 0 aliphatic rings. The highest BCUT2D eigenvalue weighted by Gasteiger charge is 2.11. The van der Waals surface area contributed by atoms with Gasteiger partial charge >= 0.3 is 0 Å². The molecular weight excluding hydrogens is 298 g/mol. The van der Waals surface area contributed by atoms with Gasteiger partial charge in [0, 0.05) is 22.7 Å². The Balaban J connectivity index is 2.11. The first-order valence-electron chi connectivity index (χ1n) is 5.80. The highest BCUT2D eigenvalue weighted by atomic mass is 35.5. The molecule has 1 N–H and O–H groups in total. The van der Waals surface area contributed by atoms with Gasteiger partial charge in [-0.2, -0.15) is 5.10 Å². The molecule has 0 saturated carbocycles. The Labute approximate surface area is 124 Å². The van der Waals surface area contributed by atoms with Crippen molar-refractivity contribution in [3.05, 3.63) is 62.6 Å². The number of aryl methyl sites for hydroxylation is 1. The fourth-order valence-electron chi connectivity index (χ4n) is 1.58. The van der Waals surface area contributed by atoms with Crippen molar-refractivity contribution in [2.75, 3.05) is 0 Å². The number of benzene rings is 1. The van der Waals surface area contributed by atoms with Crippen LogP contribution in [0.1, 0.15) is 21.7 Å². The van der Waals surface area contributed by atoms with Gasteiger partial charge in [0.15, 0.2) is 0 Å². The van der Waals surface area contributed by atoms with Crippen LogP contribution in [0, 0.1) is 17.0 Å². The van der Waals surface area contributed by atoms with Crippen molar-refractivity contribution in [3.63, 3.8) is 0 Å². The van der Waals surface area contributed by atoms with E-state index in [1.165, 1.54) is 36.7 Å². The fourth-order valence-corrected chi connectivity index (χ4v) is 1.75.